The summed E-state index contributed by atoms with van der Waals surface area (Å²) in [5, 5.41) is 0. The first-order valence-electron chi connectivity index (χ1n) is 8.13. The maximum absolute atomic E-state index is 11.1. The molecule has 0 heterocycles. The minimum atomic E-state index is 0.929. The molecule has 0 aliphatic rings. The van der Waals surface area contributed by atoms with Crippen LogP contribution in [0.15, 0.2) is 23.3 Å². The summed E-state index contributed by atoms with van der Waals surface area (Å²) in [6.07, 6.45) is 17.3. The quantitative estimate of drug-likeness (QED) is 0.183. The summed E-state index contributed by atoms with van der Waals surface area (Å²) >= 11 is 0. The zero-order chi connectivity index (χ0) is 14.3. The Morgan fingerprint density at radius 2 is 1.37 bits per heavy atom. The third kappa shape index (κ3) is 10.7. The SMILES string of the molecule is CCCCCC=C(C=C(C=O)CCCC)CCCC. The van der Waals surface area contributed by atoms with Crippen molar-refractivity contribution in [2.75, 3.05) is 0 Å². The van der Waals surface area contributed by atoms with Crippen molar-refractivity contribution in [1.82, 2.24) is 0 Å². The van der Waals surface area contributed by atoms with Crippen molar-refractivity contribution in [2.45, 2.75) is 85.0 Å². The molecule has 0 spiro atoms. The van der Waals surface area contributed by atoms with Crippen molar-refractivity contribution in [3.63, 3.8) is 0 Å². The molecule has 0 fully saturated rings. The number of unbranched alkanes of at least 4 members (excludes halogenated alkanes) is 5. The Hall–Kier alpha value is -0.850. The van der Waals surface area contributed by atoms with Gasteiger partial charge >= 0.3 is 0 Å². The lowest BCUT2D eigenvalue weighted by molar-refractivity contribution is -0.105. The first-order valence-corrected chi connectivity index (χ1v) is 8.13. The van der Waals surface area contributed by atoms with Crippen LogP contribution in [0.2, 0.25) is 0 Å². The number of carbonyl (C=O) groups excluding carboxylic acids is 1. The van der Waals surface area contributed by atoms with Gasteiger partial charge in [-0.25, -0.2) is 0 Å². The highest BCUT2D eigenvalue weighted by molar-refractivity contribution is 5.74. The zero-order valence-corrected chi connectivity index (χ0v) is 13.2. The maximum atomic E-state index is 11.1. The van der Waals surface area contributed by atoms with Crippen molar-refractivity contribution in [1.29, 1.82) is 0 Å². The van der Waals surface area contributed by atoms with E-state index in [0.717, 1.165) is 44.0 Å². The fraction of sp³-hybridized carbons (Fsp3) is 0.722. The van der Waals surface area contributed by atoms with Gasteiger partial charge in [0.15, 0.2) is 0 Å². The van der Waals surface area contributed by atoms with E-state index < -0.39 is 0 Å². The smallest absolute Gasteiger partial charge is 0.146 e. The van der Waals surface area contributed by atoms with E-state index in [1.165, 1.54) is 37.7 Å². The number of carbonyl (C=O) groups is 1. The predicted molar refractivity (Wildman–Crippen MR) is 85.4 cm³/mol. The summed E-state index contributed by atoms with van der Waals surface area (Å²) < 4.78 is 0. The second kappa shape index (κ2) is 13.6. The number of allylic oxidation sites excluding steroid dienone is 4. The molecule has 0 aromatic carbocycles. The van der Waals surface area contributed by atoms with E-state index >= 15 is 0 Å². The average Bonchev–Trinajstić information content (AvgIpc) is 2.44. The van der Waals surface area contributed by atoms with Crippen molar-refractivity contribution in [2.24, 2.45) is 0 Å². The van der Waals surface area contributed by atoms with Gasteiger partial charge in [0.1, 0.15) is 6.29 Å². The van der Waals surface area contributed by atoms with Crippen molar-refractivity contribution in [3.8, 4) is 0 Å². The van der Waals surface area contributed by atoms with Gasteiger partial charge in [-0.05, 0) is 44.1 Å². The van der Waals surface area contributed by atoms with Crippen LogP contribution in [0.3, 0.4) is 0 Å². The lowest BCUT2D eigenvalue weighted by Crippen LogP contribution is -1.89. The van der Waals surface area contributed by atoms with Gasteiger partial charge in [-0.3, -0.25) is 4.79 Å². The van der Waals surface area contributed by atoms with Crippen LogP contribution in [0.4, 0.5) is 0 Å². The van der Waals surface area contributed by atoms with Gasteiger partial charge in [-0.2, -0.15) is 0 Å². The highest BCUT2D eigenvalue weighted by atomic mass is 16.1. The summed E-state index contributed by atoms with van der Waals surface area (Å²) in [4.78, 5) is 11.1. The molecule has 0 aromatic heterocycles. The first kappa shape index (κ1) is 18.1. The normalized spacial score (nSPS) is 12.8. The Morgan fingerprint density at radius 3 is 1.89 bits per heavy atom. The van der Waals surface area contributed by atoms with Gasteiger partial charge in [-0.15, -0.1) is 0 Å². The fourth-order valence-corrected chi connectivity index (χ4v) is 2.08. The highest BCUT2D eigenvalue weighted by Crippen LogP contribution is 2.16. The van der Waals surface area contributed by atoms with Crippen LogP contribution in [-0.2, 0) is 4.79 Å². The van der Waals surface area contributed by atoms with E-state index in [1.807, 2.05) is 0 Å². The molecule has 0 radical (unpaired) electrons. The van der Waals surface area contributed by atoms with Crippen molar-refractivity contribution >= 4 is 6.29 Å². The topological polar surface area (TPSA) is 17.1 Å². The first-order chi connectivity index (χ1) is 9.28. The van der Waals surface area contributed by atoms with Gasteiger partial charge in [0.05, 0.1) is 0 Å². The Bertz CT molecular complexity index is 273. The molecule has 0 saturated carbocycles. The molecular weight excluding hydrogens is 232 g/mol. The number of hydrogen-bond donors (Lipinski definition) is 0. The van der Waals surface area contributed by atoms with Crippen LogP contribution in [0.5, 0.6) is 0 Å². The zero-order valence-electron chi connectivity index (χ0n) is 13.2. The summed E-state index contributed by atoms with van der Waals surface area (Å²) in [7, 11) is 0. The molecule has 19 heavy (non-hydrogen) atoms. The van der Waals surface area contributed by atoms with Crippen LogP contribution in [0.25, 0.3) is 0 Å². The third-order valence-electron chi connectivity index (χ3n) is 3.37. The molecule has 110 valence electrons. The summed E-state index contributed by atoms with van der Waals surface area (Å²) in [5.41, 5.74) is 2.34. The maximum Gasteiger partial charge on any atom is 0.146 e. The van der Waals surface area contributed by atoms with E-state index in [-0.39, 0.29) is 0 Å². The second-order valence-corrected chi connectivity index (χ2v) is 5.32. The van der Waals surface area contributed by atoms with Gasteiger partial charge in [0.2, 0.25) is 0 Å². The fourth-order valence-electron chi connectivity index (χ4n) is 2.08. The van der Waals surface area contributed by atoms with E-state index in [4.69, 9.17) is 0 Å². The Kier molecular flexibility index (Phi) is 13.0. The standard InChI is InChI=1S/C18H32O/c1-4-7-10-11-14-17(12-8-5-2)15-18(16-19)13-9-6-3/h14-16H,4-13H2,1-3H3. The molecule has 0 atom stereocenters. The minimum Gasteiger partial charge on any atom is -0.298 e. The van der Waals surface area contributed by atoms with Gasteiger partial charge in [0, 0.05) is 0 Å². The van der Waals surface area contributed by atoms with E-state index in [1.54, 1.807) is 0 Å². The van der Waals surface area contributed by atoms with Gasteiger partial charge in [0.25, 0.3) is 0 Å². The summed E-state index contributed by atoms with van der Waals surface area (Å²) in [6.45, 7) is 6.62. The predicted octanol–water partition coefficient (Wildman–Crippen LogP) is 6.00. The molecule has 0 aromatic rings. The largest absolute Gasteiger partial charge is 0.298 e. The molecular formula is C18H32O. The molecule has 0 aliphatic heterocycles. The molecule has 0 aliphatic carbocycles. The molecule has 0 rings (SSSR count). The van der Waals surface area contributed by atoms with Gasteiger partial charge in [-0.1, -0.05) is 64.2 Å². The monoisotopic (exact) mass is 264 g/mol. The van der Waals surface area contributed by atoms with E-state index in [9.17, 15) is 4.79 Å². The van der Waals surface area contributed by atoms with Crippen LogP contribution in [0, 0.1) is 0 Å². The molecule has 0 N–H and O–H groups in total. The minimum absolute atomic E-state index is 0.929. The lowest BCUT2D eigenvalue weighted by Gasteiger charge is -2.05. The Balaban J connectivity index is 4.51. The lowest BCUT2D eigenvalue weighted by atomic mass is 10.0. The molecule has 0 bridgehead atoms. The molecule has 0 unspecified atom stereocenters. The third-order valence-corrected chi connectivity index (χ3v) is 3.37. The van der Waals surface area contributed by atoms with Crippen molar-refractivity contribution < 1.29 is 4.79 Å². The van der Waals surface area contributed by atoms with Crippen LogP contribution in [0.1, 0.15) is 85.0 Å². The van der Waals surface area contributed by atoms with Crippen LogP contribution in [-0.4, -0.2) is 6.29 Å². The van der Waals surface area contributed by atoms with Crippen LogP contribution >= 0.6 is 0 Å². The van der Waals surface area contributed by atoms with E-state index in [0.29, 0.717) is 0 Å². The molecule has 0 saturated heterocycles. The molecule has 0 amide bonds. The second-order valence-electron chi connectivity index (χ2n) is 5.32. The number of aldehydes is 1. The molecule has 1 heteroatoms. The number of rotatable bonds is 12. The summed E-state index contributed by atoms with van der Waals surface area (Å²) in [5.74, 6) is 0. The summed E-state index contributed by atoms with van der Waals surface area (Å²) in [6, 6.07) is 0. The Labute approximate surface area is 120 Å². The molecule has 1 nitrogen and oxygen atoms in total. The average molecular weight is 264 g/mol. The van der Waals surface area contributed by atoms with Gasteiger partial charge < -0.3 is 0 Å². The van der Waals surface area contributed by atoms with E-state index in [2.05, 4.69) is 32.9 Å². The Morgan fingerprint density at radius 1 is 0.789 bits per heavy atom. The van der Waals surface area contributed by atoms with Crippen LogP contribution < -0.4 is 0 Å². The number of hydrogen-bond acceptors (Lipinski definition) is 1. The van der Waals surface area contributed by atoms with Crippen molar-refractivity contribution in [3.05, 3.63) is 23.3 Å². The highest BCUT2D eigenvalue weighted by Gasteiger charge is 1.99.